The Bertz CT molecular complexity index is 769. The third kappa shape index (κ3) is 5.08. The van der Waals surface area contributed by atoms with E-state index in [0.29, 0.717) is 5.69 Å². The van der Waals surface area contributed by atoms with Gasteiger partial charge in [-0.1, -0.05) is 17.7 Å². The molecule has 0 atom stereocenters. The lowest BCUT2D eigenvalue weighted by molar-refractivity contribution is -0.137. The lowest BCUT2D eigenvalue weighted by Crippen LogP contribution is -2.37. The Morgan fingerprint density at radius 3 is 2.08 bits per heavy atom. The van der Waals surface area contributed by atoms with Crippen LogP contribution in [0.3, 0.4) is 0 Å². The predicted octanol–water partition coefficient (Wildman–Crippen LogP) is 3.80. The number of halogens is 3. The van der Waals surface area contributed by atoms with Crippen LogP contribution in [0.1, 0.15) is 28.4 Å². The Labute approximate surface area is 149 Å². The van der Waals surface area contributed by atoms with Gasteiger partial charge in [0.25, 0.3) is 5.91 Å². The Kier molecular flexibility index (Phi) is 6.02. The highest BCUT2D eigenvalue weighted by Gasteiger charge is 2.30. The van der Waals surface area contributed by atoms with E-state index in [9.17, 15) is 22.8 Å². The highest BCUT2D eigenvalue weighted by Crippen LogP contribution is 2.29. The van der Waals surface area contributed by atoms with Gasteiger partial charge >= 0.3 is 6.18 Å². The average molecular weight is 364 g/mol. The maximum absolute atomic E-state index is 12.5. The molecule has 4 nitrogen and oxygen atoms in total. The van der Waals surface area contributed by atoms with Gasteiger partial charge in [0, 0.05) is 31.3 Å². The molecular formula is C19H19F3N2O2. The highest BCUT2D eigenvalue weighted by atomic mass is 19.4. The topological polar surface area (TPSA) is 49.4 Å². The van der Waals surface area contributed by atoms with Crippen LogP contribution in [0, 0.1) is 6.92 Å². The van der Waals surface area contributed by atoms with Gasteiger partial charge in [0.15, 0.2) is 0 Å². The van der Waals surface area contributed by atoms with E-state index in [4.69, 9.17) is 0 Å². The number of anilines is 1. The smallest absolute Gasteiger partial charge is 0.350 e. The quantitative estimate of drug-likeness (QED) is 0.877. The summed E-state index contributed by atoms with van der Waals surface area (Å²) in [6.07, 6.45) is -4.44. The van der Waals surface area contributed by atoms with Crippen LogP contribution in [0.25, 0.3) is 0 Å². The molecule has 138 valence electrons. The third-order valence-corrected chi connectivity index (χ3v) is 3.82. The van der Waals surface area contributed by atoms with E-state index in [1.165, 1.54) is 11.8 Å². The molecule has 2 rings (SSSR count). The molecule has 2 aromatic carbocycles. The van der Waals surface area contributed by atoms with E-state index >= 15 is 0 Å². The molecule has 1 N–H and O–H groups in total. The lowest BCUT2D eigenvalue weighted by Gasteiger charge is -2.21. The van der Waals surface area contributed by atoms with E-state index in [1.807, 2.05) is 31.2 Å². The number of carbonyl (C=O) groups is 2. The van der Waals surface area contributed by atoms with Crippen LogP contribution in [0.5, 0.6) is 0 Å². The summed E-state index contributed by atoms with van der Waals surface area (Å²) in [4.78, 5) is 25.4. The summed E-state index contributed by atoms with van der Waals surface area (Å²) in [5.41, 5.74) is 1.10. The number of hydrogen-bond acceptors (Lipinski definition) is 2. The van der Waals surface area contributed by atoms with E-state index in [1.54, 1.807) is 0 Å². The van der Waals surface area contributed by atoms with E-state index < -0.39 is 17.6 Å². The number of rotatable bonds is 5. The van der Waals surface area contributed by atoms with Crippen LogP contribution in [-0.2, 0) is 11.0 Å². The van der Waals surface area contributed by atoms with Gasteiger partial charge in [0.1, 0.15) is 0 Å². The van der Waals surface area contributed by atoms with Gasteiger partial charge in [-0.05, 0) is 43.3 Å². The zero-order valence-electron chi connectivity index (χ0n) is 14.4. The van der Waals surface area contributed by atoms with Crippen molar-refractivity contribution < 1.29 is 22.8 Å². The summed E-state index contributed by atoms with van der Waals surface area (Å²) in [5, 5.41) is 2.61. The predicted molar refractivity (Wildman–Crippen MR) is 93.0 cm³/mol. The van der Waals surface area contributed by atoms with Crippen LogP contribution in [0.4, 0.5) is 18.9 Å². The minimum Gasteiger partial charge on any atom is -0.350 e. The number of alkyl halides is 3. The maximum atomic E-state index is 12.5. The van der Waals surface area contributed by atoms with Gasteiger partial charge < -0.3 is 10.2 Å². The number of nitrogens with one attached hydrogen (secondary N) is 1. The van der Waals surface area contributed by atoms with Crippen molar-refractivity contribution >= 4 is 17.5 Å². The second kappa shape index (κ2) is 8.03. The van der Waals surface area contributed by atoms with Crippen molar-refractivity contribution in [3.63, 3.8) is 0 Å². The highest BCUT2D eigenvalue weighted by molar-refractivity contribution is 5.94. The first-order chi connectivity index (χ1) is 12.2. The number of aryl methyl sites for hydroxylation is 1. The Morgan fingerprint density at radius 1 is 1.00 bits per heavy atom. The largest absolute Gasteiger partial charge is 0.416 e. The fourth-order valence-corrected chi connectivity index (χ4v) is 2.39. The summed E-state index contributed by atoms with van der Waals surface area (Å²) in [6, 6.07) is 11.4. The van der Waals surface area contributed by atoms with Crippen LogP contribution < -0.4 is 10.2 Å². The van der Waals surface area contributed by atoms with Crippen molar-refractivity contribution in [2.75, 3.05) is 18.0 Å². The molecule has 0 unspecified atom stereocenters. The number of carbonyl (C=O) groups excluding carboxylic acids is 2. The van der Waals surface area contributed by atoms with Gasteiger partial charge in [0.2, 0.25) is 5.91 Å². The molecule has 26 heavy (non-hydrogen) atoms. The van der Waals surface area contributed by atoms with Gasteiger partial charge in [-0.15, -0.1) is 0 Å². The lowest BCUT2D eigenvalue weighted by atomic mass is 10.1. The van der Waals surface area contributed by atoms with E-state index in [-0.39, 0.29) is 24.6 Å². The van der Waals surface area contributed by atoms with Crippen LogP contribution in [0.15, 0.2) is 48.5 Å². The molecule has 0 aliphatic heterocycles. The first kappa shape index (κ1) is 19.5. The molecule has 0 aliphatic rings. The van der Waals surface area contributed by atoms with Crippen molar-refractivity contribution in [2.45, 2.75) is 20.0 Å². The summed E-state index contributed by atoms with van der Waals surface area (Å²) in [7, 11) is 0. The molecule has 2 amide bonds. The monoisotopic (exact) mass is 364 g/mol. The van der Waals surface area contributed by atoms with E-state index in [0.717, 1.165) is 29.8 Å². The molecule has 0 aromatic heterocycles. The summed E-state index contributed by atoms with van der Waals surface area (Å²) in [6.45, 7) is 3.79. The molecule has 0 aliphatic carbocycles. The molecule has 0 spiro atoms. The third-order valence-electron chi connectivity index (χ3n) is 3.82. The van der Waals surface area contributed by atoms with E-state index in [2.05, 4.69) is 5.32 Å². The fourth-order valence-electron chi connectivity index (χ4n) is 2.39. The molecule has 0 heterocycles. The first-order valence-electron chi connectivity index (χ1n) is 7.98. The number of hydrogen-bond donors (Lipinski definition) is 1. The molecule has 0 bridgehead atoms. The van der Waals surface area contributed by atoms with Crippen molar-refractivity contribution in [3.05, 3.63) is 65.2 Å². The molecule has 0 saturated carbocycles. The van der Waals surface area contributed by atoms with Crippen molar-refractivity contribution in [2.24, 2.45) is 0 Å². The molecule has 0 saturated heterocycles. The maximum Gasteiger partial charge on any atom is 0.416 e. The zero-order valence-corrected chi connectivity index (χ0v) is 14.4. The zero-order chi connectivity index (χ0) is 19.3. The van der Waals surface area contributed by atoms with Gasteiger partial charge in [0.05, 0.1) is 5.56 Å². The summed E-state index contributed by atoms with van der Waals surface area (Å²) in [5.74, 6) is -0.663. The van der Waals surface area contributed by atoms with Crippen LogP contribution >= 0.6 is 0 Å². The minimum atomic E-state index is -4.44. The Hall–Kier alpha value is -2.83. The summed E-state index contributed by atoms with van der Waals surface area (Å²) < 4.78 is 37.6. The molecule has 0 radical (unpaired) electrons. The SMILES string of the molecule is CC(=O)N(CCNC(=O)c1ccc(C(F)(F)F)cc1)c1ccc(C)cc1. The first-order valence-corrected chi connectivity index (χ1v) is 7.98. The molecule has 0 fully saturated rings. The molecule has 7 heteroatoms. The Balaban J connectivity index is 1.95. The van der Waals surface area contributed by atoms with Crippen molar-refractivity contribution in [1.29, 1.82) is 0 Å². The van der Waals surface area contributed by atoms with Gasteiger partial charge in [-0.2, -0.15) is 13.2 Å². The van der Waals surface area contributed by atoms with Crippen LogP contribution in [0.2, 0.25) is 0 Å². The molecular weight excluding hydrogens is 345 g/mol. The van der Waals surface area contributed by atoms with Gasteiger partial charge in [-0.3, -0.25) is 9.59 Å². The van der Waals surface area contributed by atoms with Gasteiger partial charge in [-0.25, -0.2) is 0 Å². The number of benzene rings is 2. The molecule has 2 aromatic rings. The van der Waals surface area contributed by atoms with Crippen molar-refractivity contribution in [1.82, 2.24) is 5.32 Å². The minimum absolute atomic E-state index is 0.128. The second-order valence-electron chi connectivity index (χ2n) is 5.84. The summed E-state index contributed by atoms with van der Waals surface area (Å²) >= 11 is 0. The Morgan fingerprint density at radius 2 is 1.58 bits per heavy atom. The second-order valence-corrected chi connectivity index (χ2v) is 5.84. The van der Waals surface area contributed by atoms with Crippen LogP contribution in [-0.4, -0.2) is 24.9 Å². The standard InChI is InChI=1S/C19H19F3N2O2/c1-13-3-9-17(10-4-13)24(14(2)25)12-11-23-18(26)15-5-7-16(8-6-15)19(20,21)22/h3-10H,11-12H2,1-2H3,(H,23,26). The average Bonchev–Trinajstić information content (AvgIpc) is 2.58. The fraction of sp³-hybridized carbons (Fsp3) is 0.263. The number of amides is 2. The number of nitrogens with zero attached hydrogens (tertiary/aromatic N) is 1. The van der Waals surface area contributed by atoms with Crippen molar-refractivity contribution in [3.8, 4) is 0 Å². The normalized spacial score (nSPS) is 11.1.